The Balaban J connectivity index is 0.00000220. The van der Waals surface area contributed by atoms with Crippen LogP contribution in [-0.4, -0.2) is 75.2 Å². The van der Waals surface area contributed by atoms with Crippen molar-refractivity contribution in [1.82, 2.24) is 15.1 Å². The predicted octanol–water partition coefficient (Wildman–Crippen LogP) is 0.770. The van der Waals surface area contributed by atoms with E-state index in [0.29, 0.717) is 12.5 Å². The molecule has 1 amide bonds. The van der Waals surface area contributed by atoms with Gasteiger partial charge in [0, 0.05) is 46.3 Å². The lowest BCUT2D eigenvalue weighted by molar-refractivity contribution is -0.128. The van der Waals surface area contributed by atoms with E-state index in [2.05, 4.69) is 15.2 Å². The summed E-state index contributed by atoms with van der Waals surface area (Å²) >= 11 is 0. The summed E-state index contributed by atoms with van der Waals surface area (Å²) in [7, 11) is 3.76. The highest BCUT2D eigenvalue weighted by Gasteiger charge is 2.21. The van der Waals surface area contributed by atoms with Gasteiger partial charge in [-0.1, -0.05) is 0 Å². The SMILES string of the molecule is CN=C(NCC(=O)N1CCCC1)N(C)CC1CCOC1.I. The average molecular weight is 410 g/mol. The molecule has 0 radical (unpaired) electrons. The molecule has 1 unspecified atom stereocenters. The van der Waals surface area contributed by atoms with Crippen LogP contribution in [0.15, 0.2) is 4.99 Å². The summed E-state index contributed by atoms with van der Waals surface area (Å²) in [5, 5.41) is 3.16. The molecule has 0 saturated carbocycles. The summed E-state index contributed by atoms with van der Waals surface area (Å²) in [5.74, 6) is 1.51. The number of carbonyl (C=O) groups excluding carboxylic acids is 1. The van der Waals surface area contributed by atoms with E-state index in [4.69, 9.17) is 4.74 Å². The fourth-order valence-electron chi connectivity index (χ4n) is 2.82. The molecule has 2 saturated heterocycles. The zero-order chi connectivity index (χ0) is 14.4. The number of ether oxygens (including phenoxy) is 1. The largest absolute Gasteiger partial charge is 0.381 e. The molecular formula is C14H27IN4O2. The lowest BCUT2D eigenvalue weighted by Gasteiger charge is -2.25. The smallest absolute Gasteiger partial charge is 0.241 e. The van der Waals surface area contributed by atoms with Gasteiger partial charge >= 0.3 is 0 Å². The third-order valence-corrected chi connectivity index (χ3v) is 3.99. The van der Waals surface area contributed by atoms with E-state index < -0.39 is 0 Å². The number of rotatable bonds is 4. The number of carbonyl (C=O) groups is 1. The van der Waals surface area contributed by atoms with Crippen molar-refractivity contribution in [3.8, 4) is 0 Å². The van der Waals surface area contributed by atoms with Gasteiger partial charge in [-0.25, -0.2) is 0 Å². The highest BCUT2D eigenvalue weighted by Crippen LogP contribution is 2.13. The summed E-state index contributed by atoms with van der Waals surface area (Å²) in [6.07, 6.45) is 3.36. The summed E-state index contributed by atoms with van der Waals surface area (Å²) in [5.41, 5.74) is 0. The van der Waals surface area contributed by atoms with Crippen LogP contribution in [0.3, 0.4) is 0 Å². The van der Waals surface area contributed by atoms with E-state index in [1.165, 1.54) is 0 Å². The first kappa shape index (κ1) is 18.5. The highest BCUT2D eigenvalue weighted by atomic mass is 127. The Morgan fingerprint density at radius 1 is 1.43 bits per heavy atom. The van der Waals surface area contributed by atoms with Crippen molar-refractivity contribution in [2.45, 2.75) is 19.3 Å². The molecule has 0 spiro atoms. The van der Waals surface area contributed by atoms with Crippen molar-refractivity contribution in [2.24, 2.45) is 10.9 Å². The molecule has 122 valence electrons. The van der Waals surface area contributed by atoms with Crippen molar-refractivity contribution >= 4 is 35.8 Å². The van der Waals surface area contributed by atoms with Gasteiger partial charge in [0.05, 0.1) is 13.2 Å². The van der Waals surface area contributed by atoms with Gasteiger partial charge < -0.3 is 19.9 Å². The standard InChI is InChI=1S/C14H26N4O2.HI/c1-15-14(17(2)10-12-5-8-20-11-12)16-9-13(19)18-6-3-4-7-18;/h12H,3-11H2,1-2H3,(H,15,16);1H. The Morgan fingerprint density at radius 3 is 2.71 bits per heavy atom. The molecule has 1 N–H and O–H groups in total. The van der Waals surface area contributed by atoms with Gasteiger partial charge in [-0.15, -0.1) is 24.0 Å². The quantitative estimate of drug-likeness (QED) is 0.423. The topological polar surface area (TPSA) is 57.2 Å². The minimum absolute atomic E-state index is 0. The number of hydrogen-bond donors (Lipinski definition) is 1. The van der Waals surface area contributed by atoms with Gasteiger partial charge in [0.1, 0.15) is 0 Å². The summed E-state index contributed by atoms with van der Waals surface area (Å²) in [6, 6.07) is 0. The molecule has 0 aromatic heterocycles. The molecule has 0 bridgehead atoms. The first-order chi connectivity index (χ1) is 9.70. The Bertz CT molecular complexity index is 353. The molecule has 2 heterocycles. The first-order valence-electron chi connectivity index (χ1n) is 7.48. The number of guanidine groups is 1. The van der Waals surface area contributed by atoms with Crippen molar-refractivity contribution in [2.75, 3.05) is 53.5 Å². The zero-order valence-electron chi connectivity index (χ0n) is 13.0. The zero-order valence-corrected chi connectivity index (χ0v) is 15.3. The molecule has 1 atom stereocenters. The number of aliphatic imine (C=N–C) groups is 1. The van der Waals surface area contributed by atoms with E-state index >= 15 is 0 Å². The van der Waals surface area contributed by atoms with E-state index in [-0.39, 0.29) is 29.9 Å². The summed E-state index contributed by atoms with van der Waals surface area (Å²) < 4.78 is 5.39. The molecule has 0 aromatic rings. The maximum Gasteiger partial charge on any atom is 0.241 e. The molecule has 21 heavy (non-hydrogen) atoms. The second-order valence-electron chi connectivity index (χ2n) is 5.60. The maximum absolute atomic E-state index is 12.0. The van der Waals surface area contributed by atoms with E-state index in [1.807, 2.05) is 11.9 Å². The summed E-state index contributed by atoms with van der Waals surface area (Å²) in [6.45, 7) is 4.73. The molecule has 2 fully saturated rings. The lowest BCUT2D eigenvalue weighted by Crippen LogP contribution is -2.46. The molecule has 2 aliphatic rings. The van der Waals surface area contributed by atoms with Crippen molar-refractivity contribution in [3.05, 3.63) is 0 Å². The number of likely N-dealkylation sites (tertiary alicyclic amines) is 1. The van der Waals surface area contributed by atoms with Crippen molar-refractivity contribution < 1.29 is 9.53 Å². The molecule has 2 rings (SSSR count). The fourth-order valence-corrected chi connectivity index (χ4v) is 2.82. The molecular weight excluding hydrogens is 383 g/mol. The Kier molecular flexibility index (Phi) is 8.31. The van der Waals surface area contributed by atoms with Crippen molar-refractivity contribution in [1.29, 1.82) is 0 Å². The van der Waals surface area contributed by atoms with E-state index in [9.17, 15) is 4.79 Å². The lowest BCUT2D eigenvalue weighted by atomic mass is 10.1. The first-order valence-corrected chi connectivity index (χ1v) is 7.48. The van der Waals surface area contributed by atoms with Crippen LogP contribution in [0.5, 0.6) is 0 Å². The second-order valence-corrected chi connectivity index (χ2v) is 5.60. The van der Waals surface area contributed by atoms with Crippen molar-refractivity contribution in [3.63, 3.8) is 0 Å². The number of halogens is 1. The fraction of sp³-hybridized carbons (Fsp3) is 0.857. The van der Waals surface area contributed by atoms with Crippen LogP contribution in [-0.2, 0) is 9.53 Å². The Morgan fingerprint density at radius 2 is 2.14 bits per heavy atom. The third kappa shape index (κ3) is 5.61. The minimum Gasteiger partial charge on any atom is -0.381 e. The van der Waals surface area contributed by atoms with Gasteiger partial charge in [0.2, 0.25) is 5.91 Å². The van der Waals surface area contributed by atoms with Gasteiger partial charge in [0.25, 0.3) is 0 Å². The Labute approximate surface area is 144 Å². The van der Waals surface area contributed by atoms with Crippen LogP contribution in [0.25, 0.3) is 0 Å². The van der Waals surface area contributed by atoms with Gasteiger partial charge in [0.15, 0.2) is 5.96 Å². The normalized spacial score (nSPS) is 22.1. The molecule has 2 aliphatic heterocycles. The monoisotopic (exact) mass is 410 g/mol. The molecule has 6 nitrogen and oxygen atoms in total. The second kappa shape index (κ2) is 9.45. The van der Waals surface area contributed by atoms with Gasteiger partial charge in [-0.2, -0.15) is 0 Å². The maximum atomic E-state index is 12.0. The predicted molar refractivity (Wildman–Crippen MR) is 94.1 cm³/mol. The van der Waals surface area contributed by atoms with Crippen LogP contribution in [0.1, 0.15) is 19.3 Å². The molecule has 0 aromatic carbocycles. The summed E-state index contributed by atoms with van der Waals surface area (Å²) in [4.78, 5) is 20.3. The van der Waals surface area contributed by atoms with E-state index in [0.717, 1.165) is 58.1 Å². The number of nitrogens with one attached hydrogen (secondary N) is 1. The number of hydrogen-bond acceptors (Lipinski definition) is 3. The van der Waals surface area contributed by atoms with Gasteiger partial charge in [-0.05, 0) is 19.3 Å². The Hall–Kier alpha value is -0.570. The number of amides is 1. The molecule has 0 aliphatic carbocycles. The minimum atomic E-state index is 0. The van der Waals surface area contributed by atoms with Crippen LogP contribution in [0.2, 0.25) is 0 Å². The van der Waals surface area contributed by atoms with Crippen LogP contribution in [0, 0.1) is 5.92 Å². The average Bonchev–Trinajstić information content (AvgIpc) is 3.12. The van der Waals surface area contributed by atoms with Crippen LogP contribution >= 0.6 is 24.0 Å². The van der Waals surface area contributed by atoms with Gasteiger partial charge in [-0.3, -0.25) is 9.79 Å². The number of nitrogens with zero attached hydrogens (tertiary/aromatic N) is 3. The highest BCUT2D eigenvalue weighted by molar-refractivity contribution is 14.0. The molecule has 7 heteroatoms. The van der Waals surface area contributed by atoms with E-state index in [1.54, 1.807) is 7.05 Å². The van der Waals surface area contributed by atoms with Crippen LogP contribution < -0.4 is 5.32 Å². The van der Waals surface area contributed by atoms with Crippen LogP contribution in [0.4, 0.5) is 0 Å². The third-order valence-electron chi connectivity index (χ3n) is 3.99.